The van der Waals surface area contributed by atoms with Crippen LogP contribution in [0.5, 0.6) is 17.2 Å². The number of hydrogen-bond acceptors (Lipinski definition) is 3. The third kappa shape index (κ3) is 2.36. The lowest BCUT2D eigenvalue weighted by molar-refractivity contribution is 0.453. The summed E-state index contributed by atoms with van der Waals surface area (Å²) in [5.74, 6) is 0.217. The highest BCUT2D eigenvalue weighted by atomic mass is 16.3. The third-order valence-electron chi connectivity index (χ3n) is 3.36. The van der Waals surface area contributed by atoms with E-state index in [0.717, 1.165) is 24.0 Å². The normalized spacial score (nSPS) is 10.6. The van der Waals surface area contributed by atoms with Gasteiger partial charge in [-0.05, 0) is 47.7 Å². The second-order valence-electron chi connectivity index (χ2n) is 4.52. The number of aryl methyl sites for hydroxylation is 2. The van der Waals surface area contributed by atoms with Crippen LogP contribution in [0.2, 0.25) is 0 Å². The van der Waals surface area contributed by atoms with Crippen molar-refractivity contribution >= 4 is 0 Å². The zero-order valence-corrected chi connectivity index (χ0v) is 11.1. The van der Waals surface area contributed by atoms with E-state index in [1.165, 1.54) is 12.1 Å². The Labute approximate surface area is 112 Å². The number of phenolic OH excluding ortho intramolecular Hbond substituents is 3. The van der Waals surface area contributed by atoms with Crippen LogP contribution in [0.25, 0.3) is 11.1 Å². The molecular weight excluding hydrogens is 240 g/mol. The van der Waals surface area contributed by atoms with Crippen LogP contribution >= 0.6 is 0 Å². The quantitative estimate of drug-likeness (QED) is 0.788. The summed E-state index contributed by atoms with van der Waals surface area (Å²) in [6, 6.07) is 8.18. The first-order valence-corrected chi connectivity index (χ1v) is 6.44. The van der Waals surface area contributed by atoms with Gasteiger partial charge in [0.1, 0.15) is 17.2 Å². The lowest BCUT2D eigenvalue weighted by Crippen LogP contribution is -1.93. The van der Waals surface area contributed by atoms with Crippen molar-refractivity contribution in [3.63, 3.8) is 0 Å². The molecule has 2 aromatic rings. The van der Waals surface area contributed by atoms with Crippen LogP contribution in [-0.2, 0) is 12.8 Å². The molecule has 3 N–H and O–H groups in total. The fourth-order valence-electron chi connectivity index (χ4n) is 2.30. The van der Waals surface area contributed by atoms with E-state index in [9.17, 15) is 15.3 Å². The summed E-state index contributed by atoms with van der Waals surface area (Å²) in [5.41, 5.74) is 2.91. The molecule has 0 fully saturated rings. The lowest BCUT2D eigenvalue weighted by atomic mass is 9.93. The standard InChI is InChI=1S/C16H18O3/c1-3-10-8-11(4-2)15(19)9-12(10)16-13(17)6-5-7-14(16)18/h5-9,17-19H,3-4H2,1-2H3. The number of phenols is 3. The molecule has 3 heteroatoms. The maximum Gasteiger partial charge on any atom is 0.127 e. The van der Waals surface area contributed by atoms with Gasteiger partial charge < -0.3 is 15.3 Å². The number of hydrogen-bond donors (Lipinski definition) is 3. The predicted octanol–water partition coefficient (Wildman–Crippen LogP) is 3.60. The molecule has 0 aliphatic heterocycles. The monoisotopic (exact) mass is 258 g/mol. The highest BCUT2D eigenvalue weighted by Crippen LogP contribution is 2.41. The topological polar surface area (TPSA) is 60.7 Å². The molecule has 0 atom stereocenters. The highest BCUT2D eigenvalue weighted by Gasteiger charge is 2.15. The molecule has 2 aromatic carbocycles. The molecule has 0 saturated heterocycles. The molecular formula is C16H18O3. The Bertz CT molecular complexity index is 583. The van der Waals surface area contributed by atoms with Crippen LogP contribution in [0, 0.1) is 0 Å². The molecule has 2 rings (SSSR count). The van der Waals surface area contributed by atoms with Crippen molar-refractivity contribution in [2.45, 2.75) is 26.7 Å². The summed E-state index contributed by atoms with van der Waals surface area (Å²) >= 11 is 0. The van der Waals surface area contributed by atoms with Crippen LogP contribution in [-0.4, -0.2) is 15.3 Å². The van der Waals surface area contributed by atoms with Crippen molar-refractivity contribution in [2.75, 3.05) is 0 Å². The van der Waals surface area contributed by atoms with E-state index in [1.54, 1.807) is 12.1 Å². The zero-order valence-electron chi connectivity index (χ0n) is 11.1. The maximum absolute atomic E-state index is 9.99. The van der Waals surface area contributed by atoms with E-state index in [4.69, 9.17) is 0 Å². The summed E-state index contributed by atoms with van der Waals surface area (Å²) in [6.45, 7) is 3.98. The minimum atomic E-state index is 0.0124. The Balaban J connectivity index is 2.71. The number of rotatable bonds is 3. The van der Waals surface area contributed by atoms with Gasteiger partial charge >= 0.3 is 0 Å². The van der Waals surface area contributed by atoms with E-state index in [-0.39, 0.29) is 17.2 Å². The largest absolute Gasteiger partial charge is 0.508 e. The van der Waals surface area contributed by atoms with Crippen molar-refractivity contribution in [3.8, 4) is 28.4 Å². The van der Waals surface area contributed by atoms with E-state index < -0.39 is 0 Å². The average Bonchev–Trinajstić information content (AvgIpc) is 2.39. The van der Waals surface area contributed by atoms with Crippen molar-refractivity contribution in [1.82, 2.24) is 0 Å². The van der Waals surface area contributed by atoms with Gasteiger partial charge in [0.2, 0.25) is 0 Å². The first kappa shape index (κ1) is 13.3. The third-order valence-corrected chi connectivity index (χ3v) is 3.36. The minimum Gasteiger partial charge on any atom is -0.508 e. The van der Waals surface area contributed by atoms with Crippen LogP contribution in [0.1, 0.15) is 25.0 Å². The molecule has 0 unspecified atom stereocenters. The number of aromatic hydroxyl groups is 3. The fraction of sp³-hybridized carbons (Fsp3) is 0.250. The Hall–Kier alpha value is -2.16. The summed E-state index contributed by atoms with van der Waals surface area (Å²) < 4.78 is 0. The fourth-order valence-corrected chi connectivity index (χ4v) is 2.30. The molecule has 0 aliphatic rings. The van der Waals surface area contributed by atoms with Crippen molar-refractivity contribution in [3.05, 3.63) is 41.5 Å². The molecule has 0 aromatic heterocycles. The van der Waals surface area contributed by atoms with Gasteiger partial charge in [0.25, 0.3) is 0 Å². The predicted molar refractivity (Wildman–Crippen MR) is 75.6 cm³/mol. The van der Waals surface area contributed by atoms with Gasteiger partial charge in [-0.25, -0.2) is 0 Å². The molecule has 0 amide bonds. The SMILES string of the molecule is CCc1cc(CC)c(-c2c(O)cccc2O)cc1O. The van der Waals surface area contributed by atoms with Crippen molar-refractivity contribution < 1.29 is 15.3 Å². The van der Waals surface area contributed by atoms with Crippen molar-refractivity contribution in [1.29, 1.82) is 0 Å². The Morgan fingerprint density at radius 1 is 0.789 bits per heavy atom. The van der Waals surface area contributed by atoms with E-state index >= 15 is 0 Å². The lowest BCUT2D eigenvalue weighted by Gasteiger charge is -2.14. The summed E-state index contributed by atoms with van der Waals surface area (Å²) in [6.07, 6.45) is 1.50. The van der Waals surface area contributed by atoms with E-state index in [0.29, 0.717) is 11.1 Å². The first-order valence-electron chi connectivity index (χ1n) is 6.44. The van der Waals surface area contributed by atoms with Gasteiger partial charge in [0.15, 0.2) is 0 Å². The van der Waals surface area contributed by atoms with Crippen molar-refractivity contribution in [2.24, 2.45) is 0 Å². The summed E-state index contributed by atoms with van der Waals surface area (Å²) in [5, 5.41) is 29.9. The molecule has 0 radical (unpaired) electrons. The van der Waals surface area contributed by atoms with Crippen LogP contribution in [0.4, 0.5) is 0 Å². The van der Waals surface area contributed by atoms with E-state index in [2.05, 4.69) is 0 Å². The van der Waals surface area contributed by atoms with Gasteiger partial charge in [0.05, 0.1) is 5.56 Å². The minimum absolute atomic E-state index is 0.0124. The summed E-state index contributed by atoms with van der Waals surface area (Å²) in [7, 11) is 0. The molecule has 0 bridgehead atoms. The average molecular weight is 258 g/mol. The summed E-state index contributed by atoms with van der Waals surface area (Å²) in [4.78, 5) is 0. The second kappa shape index (κ2) is 5.22. The molecule has 0 aliphatic carbocycles. The Morgan fingerprint density at radius 3 is 1.89 bits per heavy atom. The molecule has 0 saturated carbocycles. The van der Waals surface area contributed by atoms with Gasteiger partial charge in [-0.3, -0.25) is 0 Å². The smallest absolute Gasteiger partial charge is 0.127 e. The van der Waals surface area contributed by atoms with E-state index in [1.807, 2.05) is 19.9 Å². The second-order valence-corrected chi connectivity index (χ2v) is 4.52. The van der Waals surface area contributed by atoms with Crippen LogP contribution in [0.3, 0.4) is 0 Å². The van der Waals surface area contributed by atoms with Gasteiger partial charge in [-0.1, -0.05) is 26.0 Å². The maximum atomic E-state index is 9.99. The van der Waals surface area contributed by atoms with Crippen LogP contribution < -0.4 is 0 Å². The first-order chi connectivity index (χ1) is 9.08. The molecule has 0 heterocycles. The molecule has 3 nitrogen and oxygen atoms in total. The highest BCUT2D eigenvalue weighted by molar-refractivity contribution is 5.80. The Morgan fingerprint density at radius 2 is 1.37 bits per heavy atom. The Kier molecular flexibility index (Phi) is 3.65. The molecule has 19 heavy (non-hydrogen) atoms. The number of benzene rings is 2. The molecule has 0 spiro atoms. The van der Waals surface area contributed by atoms with Crippen LogP contribution in [0.15, 0.2) is 30.3 Å². The zero-order chi connectivity index (χ0) is 14.0. The van der Waals surface area contributed by atoms with Gasteiger partial charge in [-0.15, -0.1) is 0 Å². The molecule has 100 valence electrons. The van der Waals surface area contributed by atoms with Gasteiger partial charge in [-0.2, -0.15) is 0 Å². The van der Waals surface area contributed by atoms with Gasteiger partial charge in [0, 0.05) is 0 Å².